The first-order valence-corrected chi connectivity index (χ1v) is 12.1. The molecule has 0 saturated carbocycles. The lowest BCUT2D eigenvalue weighted by Gasteiger charge is -2.05. The van der Waals surface area contributed by atoms with Crippen LogP contribution in [0.1, 0.15) is 116 Å². The molecule has 0 atom stereocenters. The Morgan fingerprint density at radius 2 is 1.13 bits per heavy atom. The lowest BCUT2D eigenvalue weighted by molar-refractivity contribution is -0.384. The molecule has 0 aliphatic heterocycles. The SMILES string of the molecule is CCCCCCCCCCCCCCCCCCC(=O)Oc1ccc([N+](=O)[O-])cc1. The highest BCUT2D eigenvalue weighted by atomic mass is 16.6. The van der Waals surface area contributed by atoms with Crippen LogP contribution in [0.4, 0.5) is 5.69 Å². The minimum Gasteiger partial charge on any atom is -0.427 e. The summed E-state index contributed by atoms with van der Waals surface area (Å²) in [5.74, 6) is 0.0938. The summed E-state index contributed by atoms with van der Waals surface area (Å²) in [7, 11) is 0. The normalized spacial score (nSPS) is 10.8. The summed E-state index contributed by atoms with van der Waals surface area (Å²) >= 11 is 0. The first-order valence-electron chi connectivity index (χ1n) is 12.1. The molecule has 0 aliphatic rings. The van der Waals surface area contributed by atoms with E-state index in [1.165, 1.54) is 114 Å². The summed E-state index contributed by atoms with van der Waals surface area (Å²) in [4.78, 5) is 22.0. The predicted octanol–water partition coefficient (Wildman–Crippen LogP) is 8.15. The van der Waals surface area contributed by atoms with Crippen LogP contribution < -0.4 is 4.74 Å². The third-order valence-electron chi connectivity index (χ3n) is 5.51. The second kappa shape index (κ2) is 17.9. The Kier molecular flexibility index (Phi) is 15.6. The maximum atomic E-state index is 11.8. The molecule has 5 heteroatoms. The molecule has 5 nitrogen and oxygen atoms in total. The Bertz CT molecular complexity index is 571. The summed E-state index contributed by atoms with van der Waals surface area (Å²) in [6, 6.07) is 5.61. The van der Waals surface area contributed by atoms with E-state index in [1.807, 2.05) is 0 Å². The summed E-state index contributed by atoms with van der Waals surface area (Å²) in [5.41, 5.74) is -0.00685. The van der Waals surface area contributed by atoms with Gasteiger partial charge in [-0.3, -0.25) is 14.9 Å². The third kappa shape index (κ3) is 14.1. The summed E-state index contributed by atoms with van der Waals surface area (Å²) in [6.45, 7) is 2.27. The predicted molar refractivity (Wildman–Crippen MR) is 123 cm³/mol. The Balaban J connectivity index is 1.86. The van der Waals surface area contributed by atoms with Crippen molar-refractivity contribution >= 4 is 11.7 Å². The van der Waals surface area contributed by atoms with Gasteiger partial charge < -0.3 is 4.74 Å². The largest absolute Gasteiger partial charge is 0.427 e. The summed E-state index contributed by atoms with van der Waals surface area (Å²) in [5, 5.41) is 10.6. The van der Waals surface area contributed by atoms with Gasteiger partial charge >= 0.3 is 5.97 Å². The lowest BCUT2D eigenvalue weighted by atomic mass is 10.0. The van der Waals surface area contributed by atoms with Gasteiger partial charge in [0, 0.05) is 18.6 Å². The van der Waals surface area contributed by atoms with Crippen LogP contribution in [-0.2, 0) is 4.79 Å². The van der Waals surface area contributed by atoms with E-state index in [0.717, 1.165) is 12.8 Å². The second-order valence-corrected chi connectivity index (χ2v) is 8.28. The maximum Gasteiger partial charge on any atom is 0.311 e. The zero-order valence-corrected chi connectivity index (χ0v) is 18.9. The summed E-state index contributed by atoms with van der Waals surface area (Å²) < 4.78 is 5.21. The number of rotatable bonds is 19. The number of unbranched alkanes of at least 4 members (excludes halogenated alkanes) is 15. The van der Waals surface area contributed by atoms with Crippen molar-refractivity contribution in [3.05, 3.63) is 34.4 Å². The monoisotopic (exact) mass is 419 g/mol. The van der Waals surface area contributed by atoms with Crippen LogP contribution in [0.5, 0.6) is 5.75 Å². The molecule has 0 aliphatic carbocycles. The fourth-order valence-electron chi connectivity index (χ4n) is 3.64. The molecule has 0 fully saturated rings. The first-order chi connectivity index (χ1) is 14.6. The van der Waals surface area contributed by atoms with Crippen molar-refractivity contribution in [1.82, 2.24) is 0 Å². The van der Waals surface area contributed by atoms with Gasteiger partial charge in [0.1, 0.15) is 5.75 Å². The third-order valence-corrected chi connectivity index (χ3v) is 5.51. The molecule has 1 aromatic rings. The standard InChI is InChI=1S/C25H41NO4/c1-2-3-4-5-6-7-8-9-10-11-12-13-14-15-16-17-18-25(27)30-24-21-19-23(20-22-24)26(28)29/h19-22H,2-18H2,1H3. The molecule has 0 bridgehead atoms. The van der Waals surface area contributed by atoms with E-state index in [0.29, 0.717) is 12.2 Å². The Morgan fingerprint density at radius 3 is 1.53 bits per heavy atom. The number of ether oxygens (including phenoxy) is 1. The highest BCUT2D eigenvalue weighted by Crippen LogP contribution is 2.18. The van der Waals surface area contributed by atoms with Crippen molar-refractivity contribution < 1.29 is 14.5 Å². The number of non-ortho nitro benzene ring substituents is 1. The molecule has 0 amide bonds. The van der Waals surface area contributed by atoms with E-state index in [4.69, 9.17) is 4.74 Å². The molecule has 0 radical (unpaired) electrons. The van der Waals surface area contributed by atoms with Gasteiger partial charge in [0.15, 0.2) is 0 Å². The number of benzene rings is 1. The van der Waals surface area contributed by atoms with Gasteiger partial charge in [0.25, 0.3) is 5.69 Å². The van der Waals surface area contributed by atoms with E-state index < -0.39 is 4.92 Å². The Morgan fingerprint density at radius 1 is 0.733 bits per heavy atom. The van der Waals surface area contributed by atoms with Crippen molar-refractivity contribution in [2.45, 2.75) is 116 Å². The van der Waals surface area contributed by atoms with E-state index in [9.17, 15) is 14.9 Å². The van der Waals surface area contributed by atoms with Gasteiger partial charge in [-0.25, -0.2) is 0 Å². The fourth-order valence-corrected chi connectivity index (χ4v) is 3.64. The fraction of sp³-hybridized carbons (Fsp3) is 0.720. The minimum atomic E-state index is -0.470. The molecule has 1 aromatic carbocycles. The van der Waals surface area contributed by atoms with E-state index >= 15 is 0 Å². The van der Waals surface area contributed by atoms with Crippen LogP contribution in [0, 0.1) is 10.1 Å². The number of esters is 1. The molecular formula is C25H41NO4. The van der Waals surface area contributed by atoms with Crippen LogP contribution in [0.2, 0.25) is 0 Å². The van der Waals surface area contributed by atoms with Crippen molar-refractivity contribution in [3.63, 3.8) is 0 Å². The quantitative estimate of drug-likeness (QED) is 0.0745. The number of nitro benzene ring substituents is 1. The Hall–Kier alpha value is -1.91. The van der Waals surface area contributed by atoms with Crippen molar-refractivity contribution in [3.8, 4) is 5.75 Å². The maximum absolute atomic E-state index is 11.8. The summed E-state index contributed by atoms with van der Waals surface area (Å²) in [6.07, 6.45) is 21.3. The molecule has 170 valence electrons. The average molecular weight is 420 g/mol. The Labute approximate surface area is 182 Å². The van der Waals surface area contributed by atoms with Gasteiger partial charge in [-0.05, 0) is 18.6 Å². The van der Waals surface area contributed by atoms with Gasteiger partial charge in [-0.2, -0.15) is 0 Å². The topological polar surface area (TPSA) is 69.4 Å². The van der Waals surface area contributed by atoms with Crippen LogP contribution in [0.3, 0.4) is 0 Å². The number of carbonyl (C=O) groups excluding carboxylic acids is 1. The second-order valence-electron chi connectivity index (χ2n) is 8.28. The van der Waals surface area contributed by atoms with Crippen LogP contribution in [-0.4, -0.2) is 10.9 Å². The molecule has 0 aromatic heterocycles. The zero-order valence-electron chi connectivity index (χ0n) is 18.9. The highest BCUT2D eigenvalue weighted by molar-refractivity contribution is 5.72. The van der Waals surface area contributed by atoms with Gasteiger partial charge in [-0.1, -0.05) is 103 Å². The number of hydrogen-bond donors (Lipinski definition) is 0. The van der Waals surface area contributed by atoms with Crippen LogP contribution in [0.25, 0.3) is 0 Å². The molecule has 0 heterocycles. The lowest BCUT2D eigenvalue weighted by Crippen LogP contribution is -2.07. The minimum absolute atomic E-state index is 0.00685. The van der Waals surface area contributed by atoms with E-state index in [1.54, 1.807) is 0 Å². The van der Waals surface area contributed by atoms with Crippen LogP contribution >= 0.6 is 0 Å². The van der Waals surface area contributed by atoms with Crippen molar-refractivity contribution in [1.29, 1.82) is 0 Å². The molecule has 0 unspecified atom stereocenters. The highest BCUT2D eigenvalue weighted by Gasteiger charge is 2.08. The van der Waals surface area contributed by atoms with E-state index in [-0.39, 0.29) is 11.7 Å². The van der Waals surface area contributed by atoms with Crippen molar-refractivity contribution in [2.75, 3.05) is 0 Å². The smallest absolute Gasteiger partial charge is 0.311 e. The van der Waals surface area contributed by atoms with Crippen LogP contribution in [0.15, 0.2) is 24.3 Å². The first kappa shape index (κ1) is 26.1. The molecule has 0 saturated heterocycles. The number of nitro groups is 1. The average Bonchev–Trinajstić information content (AvgIpc) is 2.74. The molecule has 1 rings (SSSR count). The molecule has 30 heavy (non-hydrogen) atoms. The molecule has 0 N–H and O–H groups in total. The number of carbonyl (C=O) groups is 1. The number of nitrogens with zero attached hydrogens (tertiary/aromatic N) is 1. The molecular weight excluding hydrogens is 378 g/mol. The van der Waals surface area contributed by atoms with Gasteiger partial charge in [-0.15, -0.1) is 0 Å². The molecule has 0 spiro atoms. The zero-order chi connectivity index (χ0) is 21.9. The van der Waals surface area contributed by atoms with Gasteiger partial charge in [0.05, 0.1) is 4.92 Å². The van der Waals surface area contributed by atoms with E-state index in [2.05, 4.69) is 6.92 Å². The van der Waals surface area contributed by atoms with Gasteiger partial charge in [0.2, 0.25) is 0 Å². The van der Waals surface area contributed by atoms with Crippen molar-refractivity contribution in [2.24, 2.45) is 0 Å². The number of hydrogen-bond acceptors (Lipinski definition) is 4.